The van der Waals surface area contributed by atoms with Crippen LogP contribution in [-0.4, -0.2) is 30.1 Å². The van der Waals surface area contributed by atoms with Crippen molar-refractivity contribution in [3.05, 3.63) is 65.7 Å². The smallest absolute Gasteiger partial charge is 0.316 e. The van der Waals surface area contributed by atoms with Crippen LogP contribution in [-0.2, 0) is 14.3 Å². The number of carbonyl (C=O) groups is 3. The second-order valence-corrected chi connectivity index (χ2v) is 5.98. The molecule has 0 saturated heterocycles. The lowest BCUT2D eigenvalue weighted by molar-refractivity contribution is -0.145. The Morgan fingerprint density at radius 2 is 1.67 bits per heavy atom. The van der Waals surface area contributed by atoms with Crippen molar-refractivity contribution in [1.29, 1.82) is 0 Å². The first kappa shape index (κ1) is 17.7. The van der Waals surface area contributed by atoms with Gasteiger partial charge in [0.25, 0.3) is 11.8 Å². The average molecular weight is 343 g/mol. The third kappa shape index (κ3) is 5.55. The standard InChI is InChI=1S/C18H17NO4S/c1-13-7-5-6-10-15(13)24-12-17(21)23-11-16(20)19-18(22)14-8-3-2-4-9-14/h2-10H,11-12H2,1H3,(H,19,20,22). The van der Waals surface area contributed by atoms with Gasteiger partial charge in [-0.05, 0) is 30.7 Å². The van der Waals surface area contributed by atoms with Gasteiger partial charge < -0.3 is 4.74 Å². The zero-order valence-corrected chi connectivity index (χ0v) is 14.0. The normalized spacial score (nSPS) is 10.0. The molecule has 0 spiro atoms. The van der Waals surface area contributed by atoms with Crippen LogP contribution in [0, 0.1) is 6.92 Å². The molecule has 0 aliphatic heterocycles. The van der Waals surface area contributed by atoms with Gasteiger partial charge in [-0.15, -0.1) is 11.8 Å². The molecule has 6 heteroatoms. The number of benzene rings is 2. The molecule has 0 bridgehead atoms. The predicted octanol–water partition coefficient (Wildman–Crippen LogP) is 2.59. The van der Waals surface area contributed by atoms with Crippen LogP contribution in [0.4, 0.5) is 0 Å². The van der Waals surface area contributed by atoms with Crippen LogP contribution in [0.2, 0.25) is 0 Å². The van der Waals surface area contributed by atoms with Crippen molar-refractivity contribution in [2.75, 3.05) is 12.4 Å². The Hall–Kier alpha value is -2.60. The second kappa shape index (κ2) is 8.88. The minimum absolute atomic E-state index is 0.102. The van der Waals surface area contributed by atoms with Gasteiger partial charge in [0.05, 0.1) is 5.75 Å². The second-order valence-electron chi connectivity index (χ2n) is 4.96. The summed E-state index contributed by atoms with van der Waals surface area (Å²) in [5.74, 6) is -1.58. The van der Waals surface area contributed by atoms with E-state index in [0.29, 0.717) is 5.56 Å². The zero-order valence-electron chi connectivity index (χ0n) is 13.2. The Kier molecular flexibility index (Phi) is 6.57. The summed E-state index contributed by atoms with van der Waals surface area (Å²) in [7, 11) is 0. The number of carbonyl (C=O) groups excluding carboxylic acids is 3. The molecule has 0 saturated carbocycles. The molecule has 0 aromatic heterocycles. The van der Waals surface area contributed by atoms with Crippen LogP contribution in [0.15, 0.2) is 59.5 Å². The Balaban J connectivity index is 1.72. The summed E-state index contributed by atoms with van der Waals surface area (Å²) in [5.41, 5.74) is 1.44. The molecule has 5 nitrogen and oxygen atoms in total. The summed E-state index contributed by atoms with van der Waals surface area (Å²) in [6.07, 6.45) is 0. The Morgan fingerprint density at radius 3 is 2.38 bits per heavy atom. The fraction of sp³-hybridized carbons (Fsp3) is 0.167. The third-order valence-corrected chi connectivity index (χ3v) is 4.24. The van der Waals surface area contributed by atoms with E-state index in [1.54, 1.807) is 30.3 Å². The van der Waals surface area contributed by atoms with Crippen LogP contribution in [0.3, 0.4) is 0 Å². The van der Waals surface area contributed by atoms with E-state index >= 15 is 0 Å². The maximum absolute atomic E-state index is 11.8. The van der Waals surface area contributed by atoms with E-state index in [-0.39, 0.29) is 5.75 Å². The summed E-state index contributed by atoms with van der Waals surface area (Å²) in [6, 6.07) is 16.0. The molecule has 2 aromatic carbocycles. The number of imide groups is 1. The molecule has 2 amide bonds. The fourth-order valence-corrected chi connectivity index (χ4v) is 2.69. The number of amides is 2. The van der Waals surface area contributed by atoms with Crippen molar-refractivity contribution in [2.45, 2.75) is 11.8 Å². The minimum Gasteiger partial charge on any atom is -0.455 e. The maximum Gasteiger partial charge on any atom is 0.316 e. The van der Waals surface area contributed by atoms with Gasteiger partial charge in [-0.3, -0.25) is 19.7 Å². The average Bonchev–Trinajstić information content (AvgIpc) is 2.60. The summed E-state index contributed by atoms with van der Waals surface area (Å²) in [6.45, 7) is 1.47. The first-order valence-corrected chi connectivity index (χ1v) is 8.28. The highest BCUT2D eigenvalue weighted by Crippen LogP contribution is 2.21. The van der Waals surface area contributed by atoms with Gasteiger partial charge in [0.1, 0.15) is 0 Å². The van der Waals surface area contributed by atoms with Crippen molar-refractivity contribution in [3.63, 3.8) is 0 Å². The van der Waals surface area contributed by atoms with Crippen molar-refractivity contribution in [3.8, 4) is 0 Å². The molecule has 0 fully saturated rings. The number of esters is 1. The van der Waals surface area contributed by atoms with Gasteiger partial charge in [0, 0.05) is 10.5 Å². The molecular weight excluding hydrogens is 326 g/mol. The minimum atomic E-state index is -0.655. The van der Waals surface area contributed by atoms with Crippen molar-refractivity contribution >= 4 is 29.5 Å². The Labute approximate surface area is 144 Å². The van der Waals surface area contributed by atoms with Crippen molar-refractivity contribution < 1.29 is 19.1 Å². The van der Waals surface area contributed by atoms with Crippen molar-refractivity contribution in [2.24, 2.45) is 0 Å². The number of rotatable bonds is 6. The molecule has 0 radical (unpaired) electrons. The molecule has 0 aliphatic rings. The first-order valence-electron chi connectivity index (χ1n) is 7.29. The highest BCUT2D eigenvalue weighted by molar-refractivity contribution is 8.00. The van der Waals surface area contributed by atoms with E-state index in [2.05, 4.69) is 5.32 Å². The van der Waals surface area contributed by atoms with E-state index in [9.17, 15) is 14.4 Å². The molecule has 1 N–H and O–H groups in total. The van der Waals surface area contributed by atoms with Gasteiger partial charge in [0.2, 0.25) is 0 Å². The summed E-state index contributed by atoms with van der Waals surface area (Å²) in [4.78, 5) is 36.1. The number of thioether (sulfide) groups is 1. The van der Waals surface area contributed by atoms with Crippen LogP contribution in [0.25, 0.3) is 0 Å². The molecule has 0 atom stereocenters. The SMILES string of the molecule is Cc1ccccc1SCC(=O)OCC(=O)NC(=O)c1ccccc1. The largest absolute Gasteiger partial charge is 0.455 e. The highest BCUT2D eigenvalue weighted by Gasteiger charge is 2.12. The number of aryl methyl sites for hydroxylation is 1. The Bertz CT molecular complexity index is 731. The highest BCUT2D eigenvalue weighted by atomic mass is 32.2. The summed E-state index contributed by atoms with van der Waals surface area (Å²) >= 11 is 1.34. The molecule has 0 heterocycles. The first-order chi connectivity index (χ1) is 11.6. The van der Waals surface area contributed by atoms with E-state index < -0.39 is 24.4 Å². The van der Waals surface area contributed by atoms with Crippen LogP contribution < -0.4 is 5.32 Å². The van der Waals surface area contributed by atoms with Gasteiger partial charge in [-0.1, -0.05) is 36.4 Å². The lowest BCUT2D eigenvalue weighted by atomic mass is 10.2. The molecule has 24 heavy (non-hydrogen) atoms. The summed E-state index contributed by atoms with van der Waals surface area (Å²) < 4.78 is 4.88. The predicted molar refractivity (Wildman–Crippen MR) is 91.8 cm³/mol. The van der Waals surface area contributed by atoms with Gasteiger partial charge >= 0.3 is 5.97 Å². The Morgan fingerprint density at radius 1 is 1.00 bits per heavy atom. The van der Waals surface area contributed by atoms with Crippen LogP contribution in [0.5, 0.6) is 0 Å². The van der Waals surface area contributed by atoms with E-state index in [1.807, 2.05) is 31.2 Å². The molecular formula is C18H17NO4S. The lowest BCUT2D eigenvalue weighted by Crippen LogP contribution is -2.34. The number of ether oxygens (including phenoxy) is 1. The molecule has 2 rings (SSSR count). The lowest BCUT2D eigenvalue weighted by Gasteiger charge is -2.07. The molecule has 124 valence electrons. The quantitative estimate of drug-likeness (QED) is 0.645. The third-order valence-electron chi connectivity index (χ3n) is 3.09. The number of hydrogen-bond acceptors (Lipinski definition) is 5. The van der Waals surface area contributed by atoms with E-state index in [1.165, 1.54) is 11.8 Å². The fourth-order valence-electron chi connectivity index (χ4n) is 1.87. The summed E-state index contributed by atoms with van der Waals surface area (Å²) in [5, 5.41) is 2.17. The van der Waals surface area contributed by atoms with Gasteiger partial charge in [-0.2, -0.15) is 0 Å². The van der Waals surface area contributed by atoms with Gasteiger partial charge in [-0.25, -0.2) is 0 Å². The molecule has 0 unspecified atom stereocenters. The van der Waals surface area contributed by atoms with Crippen LogP contribution in [0.1, 0.15) is 15.9 Å². The number of hydrogen-bond donors (Lipinski definition) is 1. The van der Waals surface area contributed by atoms with E-state index in [0.717, 1.165) is 10.5 Å². The van der Waals surface area contributed by atoms with Crippen molar-refractivity contribution in [1.82, 2.24) is 5.32 Å². The zero-order chi connectivity index (χ0) is 17.4. The van der Waals surface area contributed by atoms with E-state index in [4.69, 9.17) is 4.74 Å². The topological polar surface area (TPSA) is 72.5 Å². The number of nitrogens with one attached hydrogen (secondary N) is 1. The monoisotopic (exact) mass is 343 g/mol. The molecule has 2 aromatic rings. The van der Waals surface area contributed by atoms with Crippen LogP contribution >= 0.6 is 11.8 Å². The molecule has 0 aliphatic carbocycles. The maximum atomic E-state index is 11.8. The van der Waals surface area contributed by atoms with Gasteiger partial charge in [0.15, 0.2) is 6.61 Å².